The van der Waals surface area contributed by atoms with Crippen molar-refractivity contribution in [2.75, 3.05) is 6.54 Å². The Labute approximate surface area is 112 Å². The van der Waals surface area contributed by atoms with Gasteiger partial charge in [0, 0.05) is 5.54 Å². The van der Waals surface area contributed by atoms with E-state index in [0.717, 1.165) is 10.5 Å². The lowest BCUT2D eigenvalue weighted by molar-refractivity contribution is -0.147. The number of carbonyl (C=O) groups excluding carboxylic acids is 1. The molecule has 1 rings (SSSR count). The highest BCUT2D eigenvalue weighted by Crippen LogP contribution is 2.13. The highest BCUT2D eigenvalue weighted by Gasteiger charge is 2.28. The SMILES string of the molecule is CC(C)(C)N(CC(=O)OCc1ccccc1)C(=O)O. The monoisotopic (exact) mass is 265 g/mol. The van der Waals surface area contributed by atoms with Crippen LogP contribution in [-0.4, -0.2) is 34.2 Å². The van der Waals surface area contributed by atoms with Crippen molar-refractivity contribution in [3.8, 4) is 0 Å². The summed E-state index contributed by atoms with van der Waals surface area (Å²) < 4.78 is 5.06. The number of hydrogen-bond acceptors (Lipinski definition) is 3. The van der Waals surface area contributed by atoms with Gasteiger partial charge in [0.1, 0.15) is 13.2 Å². The second kappa shape index (κ2) is 6.22. The van der Waals surface area contributed by atoms with E-state index in [-0.39, 0.29) is 13.2 Å². The topological polar surface area (TPSA) is 66.8 Å². The van der Waals surface area contributed by atoms with Crippen LogP contribution >= 0.6 is 0 Å². The fourth-order valence-electron chi connectivity index (χ4n) is 1.50. The molecule has 1 aromatic rings. The molecule has 0 heterocycles. The molecule has 0 radical (unpaired) electrons. The molecule has 0 atom stereocenters. The molecule has 104 valence electrons. The van der Waals surface area contributed by atoms with Crippen LogP contribution in [0.15, 0.2) is 30.3 Å². The van der Waals surface area contributed by atoms with Crippen molar-refractivity contribution in [2.45, 2.75) is 32.9 Å². The number of benzene rings is 1. The van der Waals surface area contributed by atoms with Gasteiger partial charge in [-0.05, 0) is 26.3 Å². The van der Waals surface area contributed by atoms with Gasteiger partial charge in [-0.15, -0.1) is 0 Å². The third kappa shape index (κ3) is 4.99. The van der Waals surface area contributed by atoms with Gasteiger partial charge < -0.3 is 9.84 Å². The van der Waals surface area contributed by atoms with Crippen molar-refractivity contribution in [1.82, 2.24) is 4.90 Å². The molecule has 0 aromatic heterocycles. The van der Waals surface area contributed by atoms with Crippen molar-refractivity contribution in [2.24, 2.45) is 0 Å². The third-order valence-corrected chi connectivity index (χ3v) is 2.57. The van der Waals surface area contributed by atoms with Gasteiger partial charge in [0.15, 0.2) is 0 Å². The van der Waals surface area contributed by atoms with Gasteiger partial charge in [0.25, 0.3) is 0 Å². The van der Waals surface area contributed by atoms with Crippen molar-refractivity contribution in [1.29, 1.82) is 0 Å². The van der Waals surface area contributed by atoms with Gasteiger partial charge in [-0.1, -0.05) is 30.3 Å². The van der Waals surface area contributed by atoms with Crippen molar-refractivity contribution < 1.29 is 19.4 Å². The van der Waals surface area contributed by atoms with E-state index in [1.807, 2.05) is 30.3 Å². The van der Waals surface area contributed by atoms with E-state index < -0.39 is 17.6 Å². The molecule has 5 nitrogen and oxygen atoms in total. The zero-order valence-corrected chi connectivity index (χ0v) is 11.4. The Morgan fingerprint density at radius 3 is 2.26 bits per heavy atom. The summed E-state index contributed by atoms with van der Waals surface area (Å²) in [6.45, 7) is 5.06. The summed E-state index contributed by atoms with van der Waals surface area (Å²) in [6, 6.07) is 9.25. The second-order valence-corrected chi connectivity index (χ2v) is 5.19. The quantitative estimate of drug-likeness (QED) is 0.849. The number of carbonyl (C=O) groups is 2. The first kappa shape index (κ1) is 15.0. The first-order valence-electron chi connectivity index (χ1n) is 6.01. The Bertz CT molecular complexity index is 437. The summed E-state index contributed by atoms with van der Waals surface area (Å²) in [6.07, 6.45) is -1.14. The standard InChI is InChI=1S/C14H19NO4/c1-14(2,3)15(13(17)18)9-12(16)19-10-11-7-5-4-6-8-11/h4-8H,9-10H2,1-3H3,(H,17,18). The van der Waals surface area contributed by atoms with E-state index >= 15 is 0 Å². The van der Waals surface area contributed by atoms with Crippen LogP contribution < -0.4 is 0 Å². The molecular weight excluding hydrogens is 246 g/mol. The zero-order valence-electron chi connectivity index (χ0n) is 11.4. The van der Waals surface area contributed by atoms with Crippen LogP contribution in [-0.2, 0) is 16.1 Å². The molecule has 1 amide bonds. The molecule has 1 N–H and O–H groups in total. The van der Waals surface area contributed by atoms with Crippen LogP contribution in [0.4, 0.5) is 4.79 Å². The van der Waals surface area contributed by atoms with Crippen LogP contribution in [0.25, 0.3) is 0 Å². The Hall–Kier alpha value is -2.04. The molecule has 0 aliphatic rings. The lowest BCUT2D eigenvalue weighted by Crippen LogP contribution is -2.47. The molecule has 0 fully saturated rings. The Morgan fingerprint density at radius 2 is 1.79 bits per heavy atom. The minimum atomic E-state index is -1.14. The van der Waals surface area contributed by atoms with E-state index in [1.165, 1.54) is 0 Å². The molecule has 0 saturated heterocycles. The minimum Gasteiger partial charge on any atom is -0.465 e. The summed E-state index contributed by atoms with van der Waals surface area (Å²) >= 11 is 0. The number of rotatable bonds is 4. The summed E-state index contributed by atoms with van der Waals surface area (Å²) in [5.41, 5.74) is 0.228. The number of esters is 1. The van der Waals surface area contributed by atoms with E-state index in [2.05, 4.69) is 0 Å². The van der Waals surface area contributed by atoms with Gasteiger partial charge in [-0.25, -0.2) is 4.79 Å². The maximum atomic E-state index is 11.7. The summed E-state index contributed by atoms with van der Waals surface area (Å²) in [4.78, 5) is 23.8. The van der Waals surface area contributed by atoms with Gasteiger partial charge in [-0.3, -0.25) is 9.69 Å². The second-order valence-electron chi connectivity index (χ2n) is 5.19. The van der Waals surface area contributed by atoms with E-state index in [0.29, 0.717) is 0 Å². The van der Waals surface area contributed by atoms with Crippen LogP contribution in [0.3, 0.4) is 0 Å². The Kier molecular flexibility index (Phi) is 4.92. The van der Waals surface area contributed by atoms with E-state index in [4.69, 9.17) is 9.84 Å². The summed E-state index contributed by atoms with van der Waals surface area (Å²) in [7, 11) is 0. The maximum absolute atomic E-state index is 11.7. The largest absolute Gasteiger partial charge is 0.465 e. The maximum Gasteiger partial charge on any atom is 0.408 e. The van der Waals surface area contributed by atoms with Crippen LogP contribution in [0.5, 0.6) is 0 Å². The van der Waals surface area contributed by atoms with E-state index in [9.17, 15) is 9.59 Å². The van der Waals surface area contributed by atoms with Gasteiger partial charge in [0.2, 0.25) is 0 Å². The number of carboxylic acid groups (broad SMARTS) is 1. The summed E-state index contributed by atoms with van der Waals surface area (Å²) in [5, 5.41) is 9.06. The first-order valence-corrected chi connectivity index (χ1v) is 6.01. The molecule has 0 spiro atoms. The lowest BCUT2D eigenvalue weighted by atomic mass is 10.1. The Morgan fingerprint density at radius 1 is 1.21 bits per heavy atom. The highest BCUT2D eigenvalue weighted by molar-refractivity contribution is 5.77. The van der Waals surface area contributed by atoms with Gasteiger partial charge in [0.05, 0.1) is 0 Å². The highest BCUT2D eigenvalue weighted by atomic mass is 16.5. The third-order valence-electron chi connectivity index (χ3n) is 2.57. The smallest absolute Gasteiger partial charge is 0.408 e. The zero-order chi connectivity index (χ0) is 14.5. The van der Waals surface area contributed by atoms with Crippen molar-refractivity contribution >= 4 is 12.1 Å². The van der Waals surface area contributed by atoms with Gasteiger partial charge >= 0.3 is 12.1 Å². The van der Waals surface area contributed by atoms with Crippen LogP contribution in [0.1, 0.15) is 26.3 Å². The predicted octanol–water partition coefficient (Wildman–Crippen LogP) is 2.51. The first-order chi connectivity index (χ1) is 8.80. The normalized spacial score (nSPS) is 10.9. The molecular formula is C14H19NO4. The molecule has 0 unspecified atom stereocenters. The Balaban J connectivity index is 2.52. The van der Waals surface area contributed by atoms with Crippen molar-refractivity contribution in [3.63, 3.8) is 0 Å². The molecule has 0 aliphatic heterocycles. The molecule has 0 saturated carbocycles. The molecule has 1 aromatic carbocycles. The molecule has 0 bridgehead atoms. The average Bonchev–Trinajstić information content (AvgIpc) is 2.33. The molecule has 5 heteroatoms. The number of nitrogens with zero attached hydrogens (tertiary/aromatic N) is 1. The van der Waals surface area contributed by atoms with E-state index in [1.54, 1.807) is 20.8 Å². The van der Waals surface area contributed by atoms with Crippen molar-refractivity contribution in [3.05, 3.63) is 35.9 Å². The molecule has 0 aliphatic carbocycles. The average molecular weight is 265 g/mol. The number of ether oxygens (including phenoxy) is 1. The fraction of sp³-hybridized carbons (Fsp3) is 0.429. The van der Waals surface area contributed by atoms with Crippen LogP contribution in [0, 0.1) is 0 Å². The van der Waals surface area contributed by atoms with Gasteiger partial charge in [-0.2, -0.15) is 0 Å². The minimum absolute atomic E-state index is 0.150. The fourth-order valence-corrected chi connectivity index (χ4v) is 1.50. The predicted molar refractivity (Wildman–Crippen MR) is 70.7 cm³/mol. The molecule has 19 heavy (non-hydrogen) atoms. The number of amides is 1. The summed E-state index contributed by atoms with van der Waals surface area (Å²) in [5.74, 6) is -0.554. The lowest BCUT2D eigenvalue weighted by Gasteiger charge is -2.32. The number of hydrogen-bond donors (Lipinski definition) is 1. The van der Waals surface area contributed by atoms with Crippen LogP contribution in [0.2, 0.25) is 0 Å².